The monoisotopic (exact) mass is 352 g/mol. The first-order valence-corrected chi connectivity index (χ1v) is 8.07. The fraction of sp³-hybridized carbons (Fsp3) is 0.150. The first kappa shape index (κ1) is 18.9. The summed E-state index contributed by atoms with van der Waals surface area (Å²) < 4.78 is 5.14. The van der Waals surface area contributed by atoms with E-state index in [0.29, 0.717) is 0 Å². The zero-order valence-electron chi connectivity index (χ0n) is 14.2. The summed E-state index contributed by atoms with van der Waals surface area (Å²) in [6.45, 7) is 3.39. The maximum absolute atomic E-state index is 12.3. The Morgan fingerprint density at radius 2 is 1.54 bits per heavy atom. The van der Waals surface area contributed by atoms with Gasteiger partial charge in [0.1, 0.15) is 12.6 Å². The molecule has 6 heteroatoms. The van der Waals surface area contributed by atoms with E-state index < -0.39 is 23.9 Å². The summed E-state index contributed by atoms with van der Waals surface area (Å²) in [7, 11) is 0. The van der Waals surface area contributed by atoms with Crippen LogP contribution < -0.4 is 10.6 Å². The normalized spacial score (nSPS) is 11.1. The van der Waals surface area contributed by atoms with Gasteiger partial charge in [-0.25, -0.2) is 4.79 Å². The molecule has 0 bridgehead atoms. The van der Waals surface area contributed by atoms with Crippen LogP contribution in [0.3, 0.4) is 0 Å². The predicted molar refractivity (Wildman–Crippen MR) is 97.0 cm³/mol. The summed E-state index contributed by atoms with van der Waals surface area (Å²) in [5.74, 6) is -1.26. The number of hydrogen-bond donors (Lipinski definition) is 2. The molecule has 0 saturated carbocycles. The second kappa shape index (κ2) is 9.78. The van der Waals surface area contributed by atoms with Crippen LogP contribution in [0.25, 0.3) is 0 Å². The van der Waals surface area contributed by atoms with Crippen molar-refractivity contribution in [3.8, 4) is 0 Å². The Morgan fingerprint density at radius 3 is 2.12 bits per heavy atom. The Labute approximate surface area is 151 Å². The molecular formula is C20H20N2O4. The van der Waals surface area contributed by atoms with Crippen molar-refractivity contribution in [1.29, 1.82) is 0 Å². The molecule has 0 aliphatic rings. The van der Waals surface area contributed by atoms with E-state index in [1.807, 2.05) is 60.7 Å². The van der Waals surface area contributed by atoms with Crippen molar-refractivity contribution in [2.75, 3.05) is 0 Å². The minimum atomic E-state index is -0.954. The highest BCUT2D eigenvalue weighted by Gasteiger charge is 2.23. The lowest BCUT2D eigenvalue weighted by Crippen LogP contribution is -2.49. The largest absolute Gasteiger partial charge is 0.445 e. The minimum absolute atomic E-state index is 0.0813. The van der Waals surface area contributed by atoms with Gasteiger partial charge < -0.3 is 10.1 Å². The zero-order chi connectivity index (χ0) is 18.8. The van der Waals surface area contributed by atoms with E-state index >= 15 is 0 Å². The van der Waals surface area contributed by atoms with E-state index in [-0.39, 0.29) is 13.0 Å². The Hall–Kier alpha value is -3.41. The van der Waals surface area contributed by atoms with Crippen molar-refractivity contribution >= 4 is 17.9 Å². The molecule has 0 aliphatic carbocycles. The molecule has 0 aromatic heterocycles. The maximum atomic E-state index is 12.3. The number of hydrogen-bond acceptors (Lipinski definition) is 4. The van der Waals surface area contributed by atoms with Crippen LogP contribution in [0.2, 0.25) is 0 Å². The summed E-state index contributed by atoms with van der Waals surface area (Å²) in [4.78, 5) is 35.7. The van der Waals surface area contributed by atoms with Gasteiger partial charge in [-0.2, -0.15) is 0 Å². The SMILES string of the molecule is C=CC(=O)NC(=O)[C@H](Cc1ccccc1)NC(=O)OCc1ccccc1. The number of benzene rings is 2. The lowest BCUT2D eigenvalue weighted by atomic mass is 10.1. The van der Waals surface area contributed by atoms with E-state index in [0.717, 1.165) is 17.2 Å². The number of carbonyl (C=O) groups is 3. The fourth-order valence-electron chi connectivity index (χ4n) is 2.23. The van der Waals surface area contributed by atoms with Crippen molar-refractivity contribution in [2.45, 2.75) is 19.1 Å². The molecule has 6 nitrogen and oxygen atoms in total. The third-order valence-corrected chi connectivity index (χ3v) is 3.54. The number of alkyl carbamates (subject to hydrolysis) is 1. The molecule has 2 N–H and O–H groups in total. The highest BCUT2D eigenvalue weighted by molar-refractivity contribution is 6.03. The number of nitrogens with one attached hydrogen (secondary N) is 2. The molecule has 134 valence electrons. The lowest BCUT2D eigenvalue weighted by Gasteiger charge is -2.17. The molecule has 2 rings (SSSR count). The van der Waals surface area contributed by atoms with Crippen molar-refractivity contribution in [3.63, 3.8) is 0 Å². The first-order valence-electron chi connectivity index (χ1n) is 8.07. The summed E-state index contributed by atoms with van der Waals surface area (Å²) in [6.07, 6.45) is 0.471. The van der Waals surface area contributed by atoms with Gasteiger partial charge in [0.05, 0.1) is 0 Å². The summed E-state index contributed by atoms with van der Waals surface area (Å²) in [5, 5.41) is 4.67. The van der Waals surface area contributed by atoms with Crippen LogP contribution >= 0.6 is 0 Å². The number of imide groups is 1. The first-order chi connectivity index (χ1) is 12.6. The molecule has 0 aliphatic heterocycles. The van der Waals surface area contributed by atoms with Gasteiger partial charge in [0, 0.05) is 6.42 Å². The molecule has 0 heterocycles. The van der Waals surface area contributed by atoms with Gasteiger partial charge >= 0.3 is 6.09 Å². The highest BCUT2D eigenvalue weighted by atomic mass is 16.5. The molecule has 3 amide bonds. The predicted octanol–water partition coefficient (Wildman–Crippen LogP) is 2.35. The van der Waals surface area contributed by atoms with Gasteiger partial charge in [-0.3, -0.25) is 14.9 Å². The molecule has 2 aromatic rings. The molecule has 0 unspecified atom stereocenters. The molecule has 0 fully saturated rings. The van der Waals surface area contributed by atoms with Crippen LogP contribution in [0.15, 0.2) is 73.3 Å². The smallest absolute Gasteiger partial charge is 0.408 e. The maximum Gasteiger partial charge on any atom is 0.408 e. The number of ether oxygens (including phenoxy) is 1. The van der Waals surface area contributed by atoms with Crippen LogP contribution in [0, 0.1) is 0 Å². The van der Waals surface area contributed by atoms with Crippen LogP contribution in [-0.4, -0.2) is 23.9 Å². The van der Waals surface area contributed by atoms with Crippen LogP contribution in [-0.2, 0) is 27.4 Å². The van der Waals surface area contributed by atoms with Gasteiger partial charge in [-0.1, -0.05) is 67.2 Å². The molecule has 26 heavy (non-hydrogen) atoms. The van der Waals surface area contributed by atoms with Crippen molar-refractivity contribution in [3.05, 3.63) is 84.4 Å². The Morgan fingerprint density at radius 1 is 0.962 bits per heavy atom. The Balaban J connectivity index is 1.99. The van der Waals surface area contributed by atoms with Crippen LogP contribution in [0.4, 0.5) is 4.79 Å². The third-order valence-electron chi connectivity index (χ3n) is 3.54. The summed E-state index contributed by atoms with van der Waals surface area (Å²) in [6, 6.07) is 17.4. The van der Waals surface area contributed by atoms with E-state index in [2.05, 4.69) is 17.2 Å². The second-order valence-corrected chi connectivity index (χ2v) is 5.51. The van der Waals surface area contributed by atoms with E-state index in [1.165, 1.54) is 0 Å². The zero-order valence-corrected chi connectivity index (χ0v) is 14.2. The second-order valence-electron chi connectivity index (χ2n) is 5.51. The molecule has 2 aromatic carbocycles. The molecular weight excluding hydrogens is 332 g/mol. The van der Waals surface area contributed by atoms with Gasteiger partial charge in [0.2, 0.25) is 11.8 Å². The van der Waals surface area contributed by atoms with E-state index in [1.54, 1.807) is 0 Å². The van der Waals surface area contributed by atoms with Crippen molar-refractivity contribution < 1.29 is 19.1 Å². The van der Waals surface area contributed by atoms with Gasteiger partial charge in [-0.15, -0.1) is 0 Å². The minimum Gasteiger partial charge on any atom is -0.445 e. The fourth-order valence-corrected chi connectivity index (χ4v) is 2.23. The van der Waals surface area contributed by atoms with Gasteiger partial charge in [0.15, 0.2) is 0 Å². The van der Waals surface area contributed by atoms with E-state index in [4.69, 9.17) is 4.74 Å². The standard InChI is InChI=1S/C20H20N2O4/c1-2-18(23)22-19(24)17(13-15-9-5-3-6-10-15)21-20(25)26-14-16-11-7-4-8-12-16/h2-12,17H,1,13-14H2,(H,21,25)(H,22,23,24)/t17-/m0/s1. The number of rotatable bonds is 7. The van der Waals surface area contributed by atoms with Crippen LogP contribution in [0.1, 0.15) is 11.1 Å². The van der Waals surface area contributed by atoms with Gasteiger partial charge in [0.25, 0.3) is 0 Å². The van der Waals surface area contributed by atoms with Crippen molar-refractivity contribution in [1.82, 2.24) is 10.6 Å². The average Bonchev–Trinajstić information content (AvgIpc) is 2.67. The van der Waals surface area contributed by atoms with Crippen LogP contribution in [0.5, 0.6) is 0 Å². The third kappa shape index (κ3) is 6.24. The molecule has 0 spiro atoms. The summed E-state index contributed by atoms with van der Waals surface area (Å²) >= 11 is 0. The topological polar surface area (TPSA) is 84.5 Å². The number of carbonyl (C=O) groups excluding carboxylic acids is 3. The molecule has 1 atom stereocenters. The van der Waals surface area contributed by atoms with Crippen molar-refractivity contribution in [2.24, 2.45) is 0 Å². The van der Waals surface area contributed by atoms with Gasteiger partial charge in [-0.05, 0) is 17.2 Å². The van der Waals surface area contributed by atoms with E-state index in [9.17, 15) is 14.4 Å². The molecule has 0 radical (unpaired) electrons. The number of amides is 3. The average molecular weight is 352 g/mol. The highest BCUT2D eigenvalue weighted by Crippen LogP contribution is 2.05. The summed E-state index contributed by atoms with van der Waals surface area (Å²) in [5.41, 5.74) is 1.66. The Kier molecular flexibility index (Phi) is 7.12. The Bertz CT molecular complexity index is 760. The molecule has 0 saturated heterocycles. The quantitative estimate of drug-likeness (QED) is 0.749. The lowest BCUT2D eigenvalue weighted by molar-refractivity contribution is -0.129.